The summed E-state index contributed by atoms with van der Waals surface area (Å²) in [6, 6.07) is 13.0. The third-order valence-electron chi connectivity index (χ3n) is 3.44. The molecule has 3 N–H and O–H groups in total. The van der Waals surface area contributed by atoms with E-state index in [1.807, 2.05) is 25.1 Å². The minimum atomic E-state index is -0.130. The van der Waals surface area contributed by atoms with Crippen LogP contribution in [0.3, 0.4) is 0 Å². The molecular formula is C18H18N4O2S. The molecule has 7 heteroatoms. The number of benzene rings is 2. The standard InChI is InChI=1S/C18H18N4O2S/c1-11-3-8-15-16(9-11)22-18(21-15)25-10-17(24)20-14-6-4-13(5-7-14)19-12(2)23/h3-9H,10H2,1-2H3,(H,19,23)(H,20,24)(H,21,22). The predicted molar refractivity (Wildman–Crippen MR) is 101 cm³/mol. The molecule has 25 heavy (non-hydrogen) atoms. The molecule has 0 fully saturated rings. The number of amides is 2. The molecule has 0 bridgehead atoms. The molecule has 0 atom stereocenters. The molecule has 6 nitrogen and oxygen atoms in total. The Morgan fingerprint density at radius 2 is 1.76 bits per heavy atom. The summed E-state index contributed by atoms with van der Waals surface area (Å²) in [5, 5.41) is 6.22. The number of H-pyrrole nitrogens is 1. The number of nitrogens with zero attached hydrogens (tertiary/aromatic N) is 1. The van der Waals surface area contributed by atoms with E-state index in [9.17, 15) is 9.59 Å². The number of thioether (sulfide) groups is 1. The monoisotopic (exact) mass is 354 g/mol. The van der Waals surface area contributed by atoms with Crippen molar-refractivity contribution in [2.75, 3.05) is 16.4 Å². The molecular weight excluding hydrogens is 336 g/mol. The molecule has 1 heterocycles. The van der Waals surface area contributed by atoms with Crippen molar-refractivity contribution in [3.63, 3.8) is 0 Å². The van der Waals surface area contributed by atoms with Crippen LogP contribution in [0.2, 0.25) is 0 Å². The third kappa shape index (κ3) is 4.60. The molecule has 0 radical (unpaired) electrons. The van der Waals surface area contributed by atoms with Gasteiger partial charge in [-0.1, -0.05) is 17.8 Å². The van der Waals surface area contributed by atoms with Gasteiger partial charge in [0.1, 0.15) is 0 Å². The highest BCUT2D eigenvalue weighted by molar-refractivity contribution is 7.99. The summed E-state index contributed by atoms with van der Waals surface area (Å²) in [4.78, 5) is 30.7. The Kier molecular flexibility index (Phi) is 5.04. The minimum absolute atomic E-state index is 0.117. The number of rotatable bonds is 5. The number of hydrogen-bond donors (Lipinski definition) is 3. The lowest BCUT2D eigenvalue weighted by Crippen LogP contribution is -2.14. The van der Waals surface area contributed by atoms with Crippen LogP contribution in [-0.4, -0.2) is 27.5 Å². The van der Waals surface area contributed by atoms with Crippen molar-refractivity contribution in [2.24, 2.45) is 0 Å². The fraction of sp³-hybridized carbons (Fsp3) is 0.167. The van der Waals surface area contributed by atoms with Gasteiger partial charge < -0.3 is 15.6 Å². The van der Waals surface area contributed by atoms with Crippen molar-refractivity contribution in [2.45, 2.75) is 19.0 Å². The second kappa shape index (κ2) is 7.40. The molecule has 0 unspecified atom stereocenters. The smallest absolute Gasteiger partial charge is 0.234 e. The Bertz CT molecular complexity index is 918. The Balaban J connectivity index is 1.55. The number of aromatic amines is 1. The van der Waals surface area contributed by atoms with E-state index < -0.39 is 0 Å². The van der Waals surface area contributed by atoms with Crippen LogP contribution in [0, 0.1) is 6.92 Å². The number of nitrogens with one attached hydrogen (secondary N) is 3. The van der Waals surface area contributed by atoms with E-state index in [-0.39, 0.29) is 17.6 Å². The molecule has 3 rings (SSSR count). The molecule has 0 aliphatic carbocycles. The highest BCUT2D eigenvalue weighted by atomic mass is 32.2. The van der Waals surface area contributed by atoms with E-state index in [0.29, 0.717) is 11.4 Å². The van der Waals surface area contributed by atoms with E-state index >= 15 is 0 Å². The maximum absolute atomic E-state index is 12.1. The third-order valence-corrected chi connectivity index (χ3v) is 4.32. The quantitative estimate of drug-likeness (QED) is 0.612. The molecule has 0 aliphatic rings. The van der Waals surface area contributed by atoms with Gasteiger partial charge in [0, 0.05) is 18.3 Å². The average Bonchev–Trinajstić information content (AvgIpc) is 2.96. The van der Waals surface area contributed by atoms with Crippen LogP contribution in [0.25, 0.3) is 11.0 Å². The Hall–Kier alpha value is -2.80. The largest absolute Gasteiger partial charge is 0.333 e. The number of carbonyl (C=O) groups excluding carboxylic acids is 2. The van der Waals surface area contributed by atoms with Gasteiger partial charge in [0.15, 0.2) is 5.16 Å². The van der Waals surface area contributed by atoms with Crippen molar-refractivity contribution in [3.8, 4) is 0 Å². The van der Waals surface area contributed by atoms with Gasteiger partial charge in [-0.15, -0.1) is 0 Å². The molecule has 3 aromatic rings. The van der Waals surface area contributed by atoms with Crippen LogP contribution in [0.4, 0.5) is 11.4 Å². The maximum Gasteiger partial charge on any atom is 0.234 e. The number of carbonyl (C=O) groups is 2. The fourth-order valence-electron chi connectivity index (χ4n) is 2.34. The Morgan fingerprint density at radius 3 is 2.44 bits per heavy atom. The van der Waals surface area contributed by atoms with Crippen molar-refractivity contribution in [1.29, 1.82) is 0 Å². The van der Waals surface area contributed by atoms with Crippen LogP contribution < -0.4 is 10.6 Å². The van der Waals surface area contributed by atoms with Crippen LogP contribution in [0.5, 0.6) is 0 Å². The SMILES string of the molecule is CC(=O)Nc1ccc(NC(=O)CSc2nc3ccc(C)cc3[nH]2)cc1. The summed E-state index contributed by atoms with van der Waals surface area (Å²) in [6.45, 7) is 3.48. The zero-order valence-electron chi connectivity index (χ0n) is 13.9. The first-order valence-electron chi connectivity index (χ1n) is 7.76. The number of anilines is 2. The Morgan fingerprint density at radius 1 is 1.08 bits per heavy atom. The lowest BCUT2D eigenvalue weighted by molar-refractivity contribution is -0.114. The Labute approximate surface area is 149 Å². The summed E-state index contributed by atoms with van der Waals surface area (Å²) < 4.78 is 0. The summed E-state index contributed by atoms with van der Waals surface area (Å²) in [6.07, 6.45) is 0. The maximum atomic E-state index is 12.1. The second-order valence-electron chi connectivity index (χ2n) is 5.66. The van der Waals surface area contributed by atoms with Gasteiger partial charge in [-0.3, -0.25) is 9.59 Å². The topological polar surface area (TPSA) is 86.9 Å². The van der Waals surface area contributed by atoms with Gasteiger partial charge in [-0.05, 0) is 48.9 Å². The fourth-order valence-corrected chi connectivity index (χ4v) is 3.02. The summed E-state index contributed by atoms with van der Waals surface area (Å²) >= 11 is 1.36. The molecule has 2 amide bonds. The lowest BCUT2D eigenvalue weighted by Gasteiger charge is -2.06. The summed E-state index contributed by atoms with van der Waals surface area (Å²) in [7, 11) is 0. The van der Waals surface area contributed by atoms with Gasteiger partial charge in [0.25, 0.3) is 0 Å². The van der Waals surface area contributed by atoms with Gasteiger partial charge >= 0.3 is 0 Å². The van der Waals surface area contributed by atoms with Crippen LogP contribution in [-0.2, 0) is 9.59 Å². The summed E-state index contributed by atoms with van der Waals surface area (Å²) in [5.41, 5.74) is 4.39. The van der Waals surface area contributed by atoms with E-state index in [1.165, 1.54) is 18.7 Å². The minimum Gasteiger partial charge on any atom is -0.333 e. The van der Waals surface area contributed by atoms with E-state index in [2.05, 4.69) is 20.6 Å². The van der Waals surface area contributed by atoms with Gasteiger partial charge in [0.2, 0.25) is 11.8 Å². The molecule has 1 aromatic heterocycles. The van der Waals surface area contributed by atoms with Crippen molar-refractivity contribution in [1.82, 2.24) is 9.97 Å². The van der Waals surface area contributed by atoms with Crippen molar-refractivity contribution < 1.29 is 9.59 Å². The molecule has 128 valence electrons. The zero-order chi connectivity index (χ0) is 17.8. The average molecular weight is 354 g/mol. The van der Waals surface area contributed by atoms with Crippen molar-refractivity contribution in [3.05, 3.63) is 48.0 Å². The molecule has 0 spiro atoms. The number of imidazole rings is 1. The highest BCUT2D eigenvalue weighted by Gasteiger charge is 2.08. The first-order valence-corrected chi connectivity index (χ1v) is 8.75. The molecule has 0 saturated carbocycles. The van der Waals surface area contributed by atoms with Crippen LogP contribution >= 0.6 is 11.8 Å². The zero-order valence-corrected chi connectivity index (χ0v) is 14.7. The van der Waals surface area contributed by atoms with E-state index in [1.54, 1.807) is 24.3 Å². The first-order chi connectivity index (χ1) is 12.0. The first kappa shape index (κ1) is 17.0. The van der Waals surface area contributed by atoms with Gasteiger partial charge in [-0.25, -0.2) is 4.98 Å². The number of aromatic nitrogens is 2. The molecule has 0 aliphatic heterocycles. The molecule has 2 aromatic carbocycles. The highest BCUT2D eigenvalue weighted by Crippen LogP contribution is 2.21. The van der Waals surface area contributed by atoms with Gasteiger partial charge in [-0.2, -0.15) is 0 Å². The molecule has 0 saturated heterocycles. The van der Waals surface area contributed by atoms with Crippen LogP contribution in [0.1, 0.15) is 12.5 Å². The number of hydrogen-bond acceptors (Lipinski definition) is 4. The normalized spacial score (nSPS) is 10.6. The summed E-state index contributed by atoms with van der Waals surface area (Å²) in [5.74, 6) is 0.00910. The van der Waals surface area contributed by atoms with E-state index in [4.69, 9.17) is 0 Å². The van der Waals surface area contributed by atoms with Gasteiger partial charge in [0.05, 0.1) is 16.8 Å². The second-order valence-corrected chi connectivity index (χ2v) is 6.62. The predicted octanol–water partition coefficient (Wildman–Crippen LogP) is 3.56. The van der Waals surface area contributed by atoms with Crippen LogP contribution in [0.15, 0.2) is 47.6 Å². The number of aryl methyl sites for hydroxylation is 1. The van der Waals surface area contributed by atoms with E-state index in [0.717, 1.165) is 21.8 Å². The lowest BCUT2D eigenvalue weighted by atomic mass is 10.2. The van der Waals surface area contributed by atoms with Crippen molar-refractivity contribution >= 4 is 46.0 Å². The number of fused-ring (bicyclic) bond motifs is 1.